The Bertz CT molecular complexity index is 600. The highest BCUT2D eigenvalue weighted by Gasteiger charge is 2.31. The minimum atomic E-state index is -0.595. The van der Waals surface area contributed by atoms with E-state index < -0.39 is 5.41 Å². The van der Waals surface area contributed by atoms with Crippen LogP contribution in [0.2, 0.25) is 0 Å². The second-order valence-corrected chi connectivity index (χ2v) is 6.24. The molecule has 0 spiro atoms. The quantitative estimate of drug-likeness (QED) is 0.918. The zero-order valence-corrected chi connectivity index (χ0v) is 13.1. The molecule has 0 saturated heterocycles. The molecule has 1 amide bonds. The van der Waals surface area contributed by atoms with Gasteiger partial charge in [0.25, 0.3) is 0 Å². The fourth-order valence-corrected chi connectivity index (χ4v) is 2.02. The fourth-order valence-electron chi connectivity index (χ4n) is 2.02. The summed E-state index contributed by atoms with van der Waals surface area (Å²) in [4.78, 5) is 12.4. The van der Waals surface area contributed by atoms with E-state index in [1.54, 1.807) is 10.9 Å². The highest BCUT2D eigenvalue weighted by Crippen LogP contribution is 2.24. The van der Waals surface area contributed by atoms with Crippen molar-refractivity contribution in [2.75, 3.05) is 6.54 Å². The molecule has 1 aromatic heterocycles. The first-order valence-corrected chi connectivity index (χ1v) is 7.30. The van der Waals surface area contributed by atoms with Gasteiger partial charge in [-0.15, -0.1) is 0 Å². The van der Waals surface area contributed by atoms with Gasteiger partial charge in [0.2, 0.25) is 5.91 Å². The number of amides is 1. The van der Waals surface area contributed by atoms with Gasteiger partial charge in [0, 0.05) is 18.3 Å². The van der Waals surface area contributed by atoms with Crippen molar-refractivity contribution in [3.05, 3.63) is 48.3 Å². The number of rotatable bonds is 5. The molecule has 0 fully saturated rings. The van der Waals surface area contributed by atoms with Crippen LogP contribution in [0.5, 0.6) is 0 Å². The van der Waals surface area contributed by atoms with E-state index in [2.05, 4.69) is 24.3 Å². The fraction of sp³-hybridized carbons (Fsp3) is 0.412. The number of carbonyl (C=O) groups excluding carboxylic acids is 1. The van der Waals surface area contributed by atoms with Gasteiger partial charge in [0.05, 0.1) is 17.3 Å². The maximum atomic E-state index is 12.4. The molecule has 0 atom stereocenters. The summed E-state index contributed by atoms with van der Waals surface area (Å²) in [5.41, 5.74) is 1.30. The lowest BCUT2D eigenvalue weighted by Gasteiger charge is -2.22. The average Bonchev–Trinajstić information content (AvgIpc) is 2.96. The van der Waals surface area contributed by atoms with Gasteiger partial charge in [0.15, 0.2) is 0 Å². The van der Waals surface area contributed by atoms with E-state index in [0.29, 0.717) is 12.5 Å². The summed E-state index contributed by atoms with van der Waals surface area (Å²) in [6.07, 6.45) is 3.69. The van der Waals surface area contributed by atoms with Crippen molar-refractivity contribution in [2.45, 2.75) is 33.1 Å². The van der Waals surface area contributed by atoms with Crippen LogP contribution >= 0.6 is 0 Å². The average molecular weight is 285 g/mol. The molecule has 2 aromatic rings. The molecule has 0 radical (unpaired) electrons. The summed E-state index contributed by atoms with van der Waals surface area (Å²) < 4.78 is 1.80. The Morgan fingerprint density at radius 3 is 2.57 bits per heavy atom. The van der Waals surface area contributed by atoms with Gasteiger partial charge in [-0.1, -0.05) is 32.0 Å². The third kappa shape index (κ3) is 3.51. The number of nitrogens with zero attached hydrogens (tertiary/aromatic N) is 2. The molecule has 21 heavy (non-hydrogen) atoms. The van der Waals surface area contributed by atoms with Gasteiger partial charge in [-0.2, -0.15) is 5.10 Å². The Labute approximate surface area is 126 Å². The summed E-state index contributed by atoms with van der Waals surface area (Å²) >= 11 is 0. The molecule has 112 valence electrons. The molecule has 0 unspecified atom stereocenters. The Balaban J connectivity index is 2.18. The Hall–Kier alpha value is -2.10. The van der Waals surface area contributed by atoms with Crippen molar-refractivity contribution >= 4 is 5.91 Å². The Morgan fingerprint density at radius 1 is 1.29 bits per heavy atom. The van der Waals surface area contributed by atoms with Crippen molar-refractivity contribution in [3.8, 4) is 5.69 Å². The normalized spacial score (nSPS) is 11.7. The molecule has 0 aliphatic rings. The van der Waals surface area contributed by atoms with Crippen molar-refractivity contribution in [3.63, 3.8) is 0 Å². The van der Waals surface area contributed by atoms with Gasteiger partial charge >= 0.3 is 0 Å². The molecule has 2 rings (SSSR count). The lowest BCUT2D eigenvalue weighted by Crippen LogP contribution is -2.41. The molecule has 0 bridgehead atoms. The van der Waals surface area contributed by atoms with Crippen LogP contribution < -0.4 is 5.32 Å². The second-order valence-electron chi connectivity index (χ2n) is 6.24. The molecular formula is C17H23N3O. The largest absolute Gasteiger partial charge is 0.355 e. The van der Waals surface area contributed by atoms with E-state index in [4.69, 9.17) is 0 Å². The predicted octanol–water partition coefficient (Wildman–Crippen LogP) is 2.92. The van der Waals surface area contributed by atoms with E-state index in [9.17, 15) is 4.79 Å². The summed E-state index contributed by atoms with van der Waals surface area (Å²) in [6, 6.07) is 9.89. The van der Waals surface area contributed by atoms with Crippen LogP contribution in [0.25, 0.3) is 5.69 Å². The van der Waals surface area contributed by atoms with Crippen molar-refractivity contribution in [1.82, 2.24) is 15.1 Å². The van der Waals surface area contributed by atoms with Crippen LogP contribution in [0.3, 0.4) is 0 Å². The van der Waals surface area contributed by atoms with Gasteiger partial charge in [-0.25, -0.2) is 4.68 Å². The zero-order chi connectivity index (χ0) is 15.5. The highest BCUT2D eigenvalue weighted by atomic mass is 16.2. The first-order chi connectivity index (χ1) is 9.91. The van der Waals surface area contributed by atoms with Crippen LogP contribution in [-0.4, -0.2) is 22.2 Å². The summed E-state index contributed by atoms with van der Waals surface area (Å²) in [6.45, 7) is 8.71. The number of carbonyl (C=O) groups is 1. The maximum absolute atomic E-state index is 12.4. The molecule has 4 heteroatoms. The number of para-hydroxylation sites is 1. The standard InChI is InChI=1S/C17H23N3O/c1-13(2)10-18-16(21)17(3,4)14-11-19-20(12-14)15-8-6-5-7-9-15/h5-9,11-13H,10H2,1-4H3,(H,18,21). The number of hydrogen-bond donors (Lipinski definition) is 1. The lowest BCUT2D eigenvalue weighted by molar-refractivity contribution is -0.125. The molecule has 0 saturated carbocycles. The zero-order valence-electron chi connectivity index (χ0n) is 13.1. The van der Waals surface area contributed by atoms with Gasteiger partial charge in [-0.05, 0) is 31.9 Å². The summed E-state index contributed by atoms with van der Waals surface area (Å²) in [7, 11) is 0. The van der Waals surface area contributed by atoms with E-state index >= 15 is 0 Å². The maximum Gasteiger partial charge on any atom is 0.230 e. The molecule has 4 nitrogen and oxygen atoms in total. The molecular weight excluding hydrogens is 262 g/mol. The Kier molecular flexibility index (Phi) is 4.46. The SMILES string of the molecule is CC(C)CNC(=O)C(C)(C)c1cnn(-c2ccccc2)c1. The molecule has 0 aliphatic heterocycles. The van der Waals surface area contributed by atoms with E-state index in [-0.39, 0.29) is 5.91 Å². The monoisotopic (exact) mass is 285 g/mol. The summed E-state index contributed by atoms with van der Waals surface area (Å²) in [5.74, 6) is 0.473. The number of benzene rings is 1. The Morgan fingerprint density at radius 2 is 1.95 bits per heavy atom. The first kappa shape index (κ1) is 15.3. The van der Waals surface area contributed by atoms with Gasteiger partial charge in [-0.3, -0.25) is 4.79 Å². The third-order valence-electron chi connectivity index (χ3n) is 3.56. The van der Waals surface area contributed by atoms with Crippen LogP contribution in [0.1, 0.15) is 33.3 Å². The molecule has 0 aliphatic carbocycles. The van der Waals surface area contributed by atoms with Crippen LogP contribution in [-0.2, 0) is 10.2 Å². The smallest absolute Gasteiger partial charge is 0.230 e. The third-order valence-corrected chi connectivity index (χ3v) is 3.56. The minimum absolute atomic E-state index is 0.0313. The molecule has 1 aromatic carbocycles. The topological polar surface area (TPSA) is 46.9 Å². The summed E-state index contributed by atoms with van der Waals surface area (Å²) in [5, 5.41) is 7.36. The van der Waals surface area contributed by atoms with E-state index in [0.717, 1.165) is 11.3 Å². The van der Waals surface area contributed by atoms with Crippen molar-refractivity contribution in [1.29, 1.82) is 0 Å². The highest BCUT2D eigenvalue weighted by molar-refractivity contribution is 5.87. The second kappa shape index (κ2) is 6.12. The van der Waals surface area contributed by atoms with Crippen LogP contribution in [0, 0.1) is 5.92 Å². The number of aromatic nitrogens is 2. The number of hydrogen-bond acceptors (Lipinski definition) is 2. The molecule has 1 heterocycles. The van der Waals surface area contributed by atoms with Gasteiger partial charge < -0.3 is 5.32 Å². The first-order valence-electron chi connectivity index (χ1n) is 7.30. The molecule has 1 N–H and O–H groups in total. The minimum Gasteiger partial charge on any atom is -0.355 e. The van der Waals surface area contributed by atoms with Gasteiger partial charge in [0.1, 0.15) is 0 Å². The van der Waals surface area contributed by atoms with Crippen molar-refractivity contribution in [2.24, 2.45) is 5.92 Å². The van der Waals surface area contributed by atoms with E-state index in [1.807, 2.05) is 50.4 Å². The van der Waals surface area contributed by atoms with Crippen LogP contribution in [0.15, 0.2) is 42.7 Å². The lowest BCUT2D eigenvalue weighted by atomic mass is 9.86. The number of nitrogens with one attached hydrogen (secondary N) is 1. The van der Waals surface area contributed by atoms with Crippen molar-refractivity contribution < 1.29 is 4.79 Å². The predicted molar refractivity (Wildman–Crippen MR) is 84.4 cm³/mol. The van der Waals surface area contributed by atoms with Crippen LogP contribution in [0.4, 0.5) is 0 Å². The van der Waals surface area contributed by atoms with E-state index in [1.165, 1.54) is 0 Å².